The summed E-state index contributed by atoms with van der Waals surface area (Å²) >= 11 is 0. The Balaban J connectivity index is 2.03. The van der Waals surface area contributed by atoms with Crippen LogP contribution < -0.4 is 11.1 Å². The van der Waals surface area contributed by atoms with E-state index in [9.17, 15) is 22.8 Å². The van der Waals surface area contributed by atoms with Crippen molar-refractivity contribution in [3.63, 3.8) is 0 Å². The van der Waals surface area contributed by atoms with E-state index in [2.05, 4.69) is 5.32 Å². The first-order valence-corrected chi connectivity index (χ1v) is 8.22. The number of anilines is 1. The number of hydrogen-bond acceptors (Lipinski definition) is 3. The topological polar surface area (TPSA) is 75.4 Å². The van der Waals surface area contributed by atoms with E-state index >= 15 is 0 Å². The number of benzene rings is 1. The molecule has 0 saturated heterocycles. The van der Waals surface area contributed by atoms with Crippen LogP contribution in [0.3, 0.4) is 0 Å². The summed E-state index contributed by atoms with van der Waals surface area (Å²) in [6, 6.07) is 4.74. The number of rotatable bonds is 5. The second-order valence-electron chi connectivity index (χ2n) is 6.21. The number of halogens is 3. The van der Waals surface area contributed by atoms with Crippen LogP contribution in [0.25, 0.3) is 0 Å². The molecular weight excluding hydrogens is 335 g/mol. The summed E-state index contributed by atoms with van der Waals surface area (Å²) < 4.78 is 38.9. The highest BCUT2D eigenvalue weighted by Crippen LogP contribution is 2.34. The molecule has 25 heavy (non-hydrogen) atoms. The number of nitrogens with two attached hydrogens (primary N) is 1. The van der Waals surface area contributed by atoms with Crippen molar-refractivity contribution >= 4 is 17.5 Å². The van der Waals surface area contributed by atoms with Crippen LogP contribution in [0.4, 0.5) is 18.9 Å². The van der Waals surface area contributed by atoms with Crippen LogP contribution in [0, 0.1) is 5.92 Å². The first-order valence-electron chi connectivity index (χ1n) is 8.22. The largest absolute Gasteiger partial charge is 0.418 e. The Morgan fingerprint density at radius 1 is 1.28 bits per heavy atom. The summed E-state index contributed by atoms with van der Waals surface area (Å²) in [5.74, 6) is -1.05. The average molecular weight is 357 g/mol. The van der Waals surface area contributed by atoms with E-state index in [-0.39, 0.29) is 30.1 Å². The highest BCUT2D eigenvalue weighted by atomic mass is 19.4. The van der Waals surface area contributed by atoms with Gasteiger partial charge in [-0.15, -0.1) is 0 Å². The maximum Gasteiger partial charge on any atom is 0.418 e. The van der Waals surface area contributed by atoms with Crippen LogP contribution in [-0.4, -0.2) is 35.8 Å². The molecule has 1 aliphatic carbocycles. The summed E-state index contributed by atoms with van der Waals surface area (Å²) in [7, 11) is 0. The quantitative estimate of drug-likeness (QED) is 0.851. The highest BCUT2D eigenvalue weighted by Gasteiger charge is 2.34. The maximum absolute atomic E-state index is 13.0. The molecule has 138 valence electrons. The van der Waals surface area contributed by atoms with Gasteiger partial charge in [0.1, 0.15) is 0 Å². The molecule has 2 unspecified atom stereocenters. The van der Waals surface area contributed by atoms with Crippen molar-refractivity contribution in [1.82, 2.24) is 4.90 Å². The smallest absolute Gasteiger partial charge is 0.333 e. The van der Waals surface area contributed by atoms with Crippen molar-refractivity contribution in [2.75, 3.05) is 18.4 Å². The van der Waals surface area contributed by atoms with Gasteiger partial charge in [-0.3, -0.25) is 9.59 Å². The van der Waals surface area contributed by atoms with E-state index in [1.165, 1.54) is 23.1 Å². The van der Waals surface area contributed by atoms with E-state index in [4.69, 9.17) is 5.73 Å². The standard InChI is InChI=1S/C17H22F3N3O2/c1-2-23(16(25)11-7-8-12(21)9-11)10-15(24)22-14-6-4-3-5-13(14)17(18,19)20/h3-6,11-12H,2,7-10,21H2,1H3,(H,22,24). The Morgan fingerprint density at radius 3 is 2.52 bits per heavy atom. The first kappa shape index (κ1) is 19.2. The van der Waals surface area contributed by atoms with Gasteiger partial charge in [0.25, 0.3) is 0 Å². The Labute approximate surface area is 144 Å². The fourth-order valence-corrected chi connectivity index (χ4v) is 3.05. The fraction of sp³-hybridized carbons (Fsp3) is 0.529. The molecular formula is C17H22F3N3O2. The molecule has 0 aromatic heterocycles. The van der Waals surface area contributed by atoms with E-state index in [1.807, 2.05) is 0 Å². The van der Waals surface area contributed by atoms with Crippen molar-refractivity contribution in [3.05, 3.63) is 29.8 Å². The number of para-hydroxylation sites is 1. The zero-order valence-electron chi connectivity index (χ0n) is 14.0. The van der Waals surface area contributed by atoms with Crippen LogP contribution in [0.5, 0.6) is 0 Å². The third-order valence-corrected chi connectivity index (χ3v) is 4.36. The Hall–Kier alpha value is -2.09. The van der Waals surface area contributed by atoms with E-state index in [1.54, 1.807) is 6.92 Å². The van der Waals surface area contributed by atoms with Gasteiger partial charge in [-0.05, 0) is 38.3 Å². The molecule has 1 fully saturated rings. The third kappa shape index (κ3) is 4.94. The molecule has 2 amide bonds. The average Bonchev–Trinajstić information content (AvgIpc) is 2.98. The molecule has 1 aromatic carbocycles. The molecule has 1 aromatic rings. The van der Waals surface area contributed by atoms with Gasteiger partial charge < -0.3 is 16.0 Å². The lowest BCUT2D eigenvalue weighted by molar-refractivity contribution is -0.138. The van der Waals surface area contributed by atoms with Gasteiger partial charge in [-0.25, -0.2) is 0 Å². The number of carbonyl (C=O) groups is 2. The number of alkyl halides is 3. The van der Waals surface area contributed by atoms with Gasteiger partial charge in [0.05, 0.1) is 17.8 Å². The zero-order valence-corrected chi connectivity index (χ0v) is 14.0. The minimum absolute atomic E-state index is 0.0138. The molecule has 0 aliphatic heterocycles. The van der Waals surface area contributed by atoms with Crippen LogP contribution in [-0.2, 0) is 15.8 Å². The number of nitrogens with one attached hydrogen (secondary N) is 1. The van der Waals surface area contributed by atoms with Crippen molar-refractivity contribution < 1.29 is 22.8 Å². The number of amides is 2. The van der Waals surface area contributed by atoms with Gasteiger partial charge in [0.2, 0.25) is 11.8 Å². The predicted molar refractivity (Wildman–Crippen MR) is 87.6 cm³/mol. The lowest BCUT2D eigenvalue weighted by Gasteiger charge is -2.24. The van der Waals surface area contributed by atoms with Crippen molar-refractivity contribution in [2.24, 2.45) is 11.7 Å². The number of likely N-dealkylation sites (N-methyl/N-ethyl adjacent to an activating group) is 1. The number of carbonyl (C=O) groups excluding carboxylic acids is 2. The molecule has 1 saturated carbocycles. The second-order valence-corrected chi connectivity index (χ2v) is 6.21. The fourth-order valence-electron chi connectivity index (χ4n) is 3.05. The normalized spacial score (nSPS) is 20.4. The lowest BCUT2D eigenvalue weighted by Crippen LogP contribution is -2.41. The van der Waals surface area contributed by atoms with Gasteiger partial charge in [-0.1, -0.05) is 12.1 Å². The summed E-state index contributed by atoms with van der Waals surface area (Å²) in [4.78, 5) is 25.9. The Bertz CT molecular complexity index is 634. The van der Waals surface area contributed by atoms with E-state index in [0.29, 0.717) is 19.4 Å². The molecule has 3 N–H and O–H groups in total. The van der Waals surface area contributed by atoms with Gasteiger partial charge in [0, 0.05) is 18.5 Å². The third-order valence-electron chi connectivity index (χ3n) is 4.36. The second kappa shape index (κ2) is 7.86. The van der Waals surface area contributed by atoms with Crippen LogP contribution in [0.2, 0.25) is 0 Å². The van der Waals surface area contributed by atoms with Crippen LogP contribution in [0.15, 0.2) is 24.3 Å². The van der Waals surface area contributed by atoms with Crippen LogP contribution in [0.1, 0.15) is 31.7 Å². The molecule has 2 atom stereocenters. The number of nitrogens with zero attached hydrogens (tertiary/aromatic N) is 1. The SMILES string of the molecule is CCN(CC(=O)Nc1ccccc1C(F)(F)F)C(=O)C1CCC(N)C1. The zero-order chi connectivity index (χ0) is 18.6. The molecule has 2 rings (SSSR count). The maximum atomic E-state index is 13.0. The molecule has 1 aliphatic rings. The van der Waals surface area contributed by atoms with Gasteiger partial charge in [-0.2, -0.15) is 13.2 Å². The lowest BCUT2D eigenvalue weighted by atomic mass is 10.1. The molecule has 8 heteroatoms. The van der Waals surface area contributed by atoms with Gasteiger partial charge >= 0.3 is 6.18 Å². The van der Waals surface area contributed by atoms with Gasteiger partial charge in [0.15, 0.2) is 0 Å². The van der Waals surface area contributed by atoms with E-state index in [0.717, 1.165) is 12.5 Å². The van der Waals surface area contributed by atoms with Crippen molar-refractivity contribution in [3.8, 4) is 0 Å². The molecule has 0 bridgehead atoms. The summed E-state index contributed by atoms with van der Waals surface area (Å²) in [6.07, 6.45) is -2.55. The molecule has 0 spiro atoms. The first-order chi connectivity index (χ1) is 11.7. The Morgan fingerprint density at radius 2 is 1.96 bits per heavy atom. The Kier molecular flexibility index (Phi) is 6.05. The van der Waals surface area contributed by atoms with E-state index < -0.39 is 17.6 Å². The van der Waals surface area contributed by atoms with Crippen molar-refractivity contribution in [2.45, 2.75) is 38.4 Å². The predicted octanol–water partition coefficient (Wildman–Crippen LogP) is 2.62. The minimum atomic E-state index is -4.57. The van der Waals surface area contributed by atoms with Crippen molar-refractivity contribution in [1.29, 1.82) is 0 Å². The minimum Gasteiger partial charge on any atom is -0.333 e. The molecule has 0 heterocycles. The highest BCUT2D eigenvalue weighted by molar-refractivity contribution is 5.95. The summed E-state index contributed by atoms with van der Waals surface area (Å²) in [5, 5.41) is 2.26. The number of hydrogen-bond donors (Lipinski definition) is 2. The summed E-state index contributed by atoms with van der Waals surface area (Å²) in [6.45, 7) is 1.75. The molecule has 0 radical (unpaired) electrons. The monoisotopic (exact) mass is 357 g/mol. The summed E-state index contributed by atoms with van der Waals surface area (Å²) in [5.41, 5.74) is 4.58. The van der Waals surface area contributed by atoms with Crippen LogP contribution >= 0.6 is 0 Å². The molecule has 5 nitrogen and oxygen atoms in total.